The first-order chi connectivity index (χ1) is 7.68. The van der Waals surface area contributed by atoms with Crippen LogP contribution in [0, 0.1) is 13.8 Å². The summed E-state index contributed by atoms with van der Waals surface area (Å²) in [7, 11) is 0. The topological polar surface area (TPSA) is 26.0 Å². The van der Waals surface area contributed by atoms with E-state index in [1.807, 2.05) is 18.2 Å². The average molecular weight is 211 g/mol. The first-order valence-corrected chi connectivity index (χ1v) is 5.56. The van der Waals surface area contributed by atoms with Crippen LogP contribution in [0.3, 0.4) is 0 Å². The molecule has 0 unspecified atom stereocenters. The van der Waals surface area contributed by atoms with Gasteiger partial charge in [-0.15, -0.1) is 0 Å². The average Bonchev–Trinajstić information content (AvgIpc) is 2.29. The highest BCUT2D eigenvalue weighted by Gasteiger charge is 2.10. The van der Waals surface area contributed by atoms with Gasteiger partial charge in [-0.05, 0) is 30.5 Å². The van der Waals surface area contributed by atoms with Gasteiger partial charge in [-0.2, -0.15) is 0 Å². The van der Waals surface area contributed by atoms with Crippen molar-refractivity contribution in [2.24, 2.45) is 5.73 Å². The highest BCUT2D eigenvalue weighted by Crippen LogP contribution is 2.22. The van der Waals surface area contributed by atoms with Gasteiger partial charge in [0.05, 0.1) is 6.04 Å². The largest absolute Gasteiger partial charge is 0.320 e. The molecule has 0 aliphatic heterocycles. The molecule has 16 heavy (non-hydrogen) atoms. The van der Waals surface area contributed by atoms with E-state index in [4.69, 9.17) is 5.73 Å². The van der Waals surface area contributed by atoms with Gasteiger partial charge in [0.1, 0.15) is 0 Å². The van der Waals surface area contributed by atoms with Gasteiger partial charge in [-0.3, -0.25) is 0 Å². The van der Waals surface area contributed by atoms with Crippen molar-refractivity contribution in [3.63, 3.8) is 0 Å². The maximum Gasteiger partial charge on any atom is 0.0554 e. The fraction of sp³-hybridized carbons (Fsp3) is 0.200. The van der Waals surface area contributed by atoms with Gasteiger partial charge in [-0.25, -0.2) is 0 Å². The molecular weight excluding hydrogens is 194 g/mol. The van der Waals surface area contributed by atoms with E-state index in [2.05, 4.69) is 44.2 Å². The minimum absolute atomic E-state index is 0.0261. The minimum atomic E-state index is -0.0261. The lowest BCUT2D eigenvalue weighted by Crippen LogP contribution is -2.13. The maximum atomic E-state index is 6.27. The van der Waals surface area contributed by atoms with Crippen molar-refractivity contribution < 1.29 is 0 Å². The first kappa shape index (κ1) is 10.9. The number of benzene rings is 2. The number of rotatable bonds is 2. The molecule has 2 rings (SSSR count). The fourth-order valence-electron chi connectivity index (χ4n) is 2.01. The van der Waals surface area contributed by atoms with Gasteiger partial charge >= 0.3 is 0 Å². The Bertz CT molecular complexity index is 474. The zero-order valence-electron chi connectivity index (χ0n) is 9.77. The molecule has 0 radical (unpaired) electrons. The van der Waals surface area contributed by atoms with E-state index in [9.17, 15) is 0 Å². The molecule has 2 N–H and O–H groups in total. The lowest BCUT2D eigenvalue weighted by Gasteiger charge is -2.15. The number of hydrogen-bond acceptors (Lipinski definition) is 1. The standard InChI is InChI=1S/C15H17N/c1-11-8-9-14(12(2)10-11)15(16)13-6-4-3-5-7-13/h3-10,15H,16H2,1-2H3/t15-/m1/s1. The van der Waals surface area contributed by atoms with Gasteiger partial charge in [0.2, 0.25) is 0 Å². The van der Waals surface area contributed by atoms with Gasteiger partial charge < -0.3 is 5.73 Å². The van der Waals surface area contributed by atoms with E-state index in [0.29, 0.717) is 0 Å². The monoisotopic (exact) mass is 211 g/mol. The second-order valence-electron chi connectivity index (χ2n) is 4.25. The molecule has 1 heteroatoms. The third-order valence-corrected chi connectivity index (χ3v) is 2.92. The molecular formula is C15H17N. The summed E-state index contributed by atoms with van der Waals surface area (Å²) in [5.41, 5.74) is 11.2. The summed E-state index contributed by atoms with van der Waals surface area (Å²) in [5, 5.41) is 0. The maximum absolute atomic E-state index is 6.27. The van der Waals surface area contributed by atoms with Crippen molar-refractivity contribution in [3.05, 3.63) is 70.8 Å². The summed E-state index contributed by atoms with van der Waals surface area (Å²) >= 11 is 0. The van der Waals surface area contributed by atoms with Crippen LogP contribution in [-0.2, 0) is 0 Å². The number of nitrogens with two attached hydrogens (primary N) is 1. The zero-order valence-corrected chi connectivity index (χ0v) is 9.77. The fourth-order valence-corrected chi connectivity index (χ4v) is 2.01. The Kier molecular flexibility index (Phi) is 3.07. The second-order valence-corrected chi connectivity index (χ2v) is 4.25. The van der Waals surface area contributed by atoms with E-state index in [1.165, 1.54) is 16.7 Å². The highest BCUT2D eigenvalue weighted by molar-refractivity contribution is 5.38. The van der Waals surface area contributed by atoms with Crippen molar-refractivity contribution in [3.8, 4) is 0 Å². The van der Waals surface area contributed by atoms with Crippen LogP contribution in [0.5, 0.6) is 0 Å². The Morgan fingerprint density at radius 3 is 2.25 bits per heavy atom. The molecule has 0 heterocycles. The summed E-state index contributed by atoms with van der Waals surface area (Å²) < 4.78 is 0. The third-order valence-electron chi connectivity index (χ3n) is 2.92. The highest BCUT2D eigenvalue weighted by atomic mass is 14.6. The Morgan fingerprint density at radius 1 is 0.938 bits per heavy atom. The van der Waals surface area contributed by atoms with Crippen molar-refractivity contribution in [1.82, 2.24) is 0 Å². The second kappa shape index (κ2) is 4.50. The molecule has 0 aliphatic rings. The Labute approximate surface area is 96.9 Å². The van der Waals surface area contributed by atoms with Crippen molar-refractivity contribution in [2.45, 2.75) is 19.9 Å². The van der Waals surface area contributed by atoms with Crippen LogP contribution in [0.4, 0.5) is 0 Å². The van der Waals surface area contributed by atoms with Crippen LogP contribution < -0.4 is 5.73 Å². The van der Waals surface area contributed by atoms with Crippen LogP contribution in [0.2, 0.25) is 0 Å². The summed E-state index contributed by atoms with van der Waals surface area (Å²) in [6, 6.07) is 16.6. The molecule has 82 valence electrons. The Hall–Kier alpha value is -1.60. The molecule has 2 aromatic rings. The lowest BCUT2D eigenvalue weighted by atomic mass is 9.95. The van der Waals surface area contributed by atoms with Crippen molar-refractivity contribution >= 4 is 0 Å². The van der Waals surface area contributed by atoms with Crippen molar-refractivity contribution in [2.75, 3.05) is 0 Å². The van der Waals surface area contributed by atoms with E-state index in [-0.39, 0.29) is 6.04 Å². The van der Waals surface area contributed by atoms with E-state index < -0.39 is 0 Å². The first-order valence-electron chi connectivity index (χ1n) is 5.56. The molecule has 0 amide bonds. The Morgan fingerprint density at radius 2 is 1.62 bits per heavy atom. The van der Waals surface area contributed by atoms with Crippen LogP contribution in [0.25, 0.3) is 0 Å². The molecule has 0 saturated carbocycles. The molecule has 1 nitrogen and oxygen atoms in total. The summed E-state index contributed by atoms with van der Waals surface area (Å²) in [5.74, 6) is 0. The molecule has 0 bridgehead atoms. The zero-order chi connectivity index (χ0) is 11.5. The van der Waals surface area contributed by atoms with E-state index >= 15 is 0 Å². The Balaban J connectivity index is 2.38. The van der Waals surface area contributed by atoms with E-state index in [1.54, 1.807) is 0 Å². The molecule has 0 aliphatic carbocycles. The molecule has 0 aromatic heterocycles. The third kappa shape index (κ3) is 2.15. The summed E-state index contributed by atoms with van der Waals surface area (Å²) in [6.45, 7) is 4.22. The van der Waals surface area contributed by atoms with Crippen LogP contribution >= 0.6 is 0 Å². The summed E-state index contributed by atoms with van der Waals surface area (Å²) in [6.07, 6.45) is 0. The molecule has 0 spiro atoms. The molecule has 1 atom stereocenters. The SMILES string of the molecule is Cc1ccc([C@H](N)c2ccccc2)c(C)c1. The lowest BCUT2D eigenvalue weighted by molar-refractivity contribution is 0.861. The van der Waals surface area contributed by atoms with Crippen LogP contribution in [0.15, 0.2) is 48.5 Å². The number of hydrogen-bond donors (Lipinski definition) is 1. The molecule has 2 aromatic carbocycles. The normalized spacial score (nSPS) is 12.4. The molecule has 0 saturated heterocycles. The van der Waals surface area contributed by atoms with Crippen LogP contribution in [0.1, 0.15) is 28.3 Å². The minimum Gasteiger partial charge on any atom is -0.320 e. The van der Waals surface area contributed by atoms with Gasteiger partial charge in [0.15, 0.2) is 0 Å². The van der Waals surface area contributed by atoms with Crippen molar-refractivity contribution in [1.29, 1.82) is 0 Å². The van der Waals surface area contributed by atoms with Gasteiger partial charge in [0, 0.05) is 0 Å². The predicted molar refractivity (Wildman–Crippen MR) is 68.4 cm³/mol. The van der Waals surface area contributed by atoms with E-state index in [0.717, 1.165) is 5.56 Å². The number of aryl methyl sites for hydroxylation is 2. The smallest absolute Gasteiger partial charge is 0.0554 e. The van der Waals surface area contributed by atoms with Crippen LogP contribution in [-0.4, -0.2) is 0 Å². The van der Waals surface area contributed by atoms with Gasteiger partial charge in [0.25, 0.3) is 0 Å². The summed E-state index contributed by atoms with van der Waals surface area (Å²) in [4.78, 5) is 0. The predicted octanol–water partition coefficient (Wildman–Crippen LogP) is 3.35. The van der Waals surface area contributed by atoms with Gasteiger partial charge in [-0.1, -0.05) is 54.1 Å². The quantitative estimate of drug-likeness (QED) is 0.810. The molecule has 0 fully saturated rings.